The molecule has 6 heteroatoms. The van der Waals surface area contributed by atoms with E-state index in [9.17, 15) is 9.59 Å². The van der Waals surface area contributed by atoms with E-state index in [2.05, 4.69) is 13.8 Å². The molecule has 1 atom stereocenters. The molecule has 0 aliphatic carbocycles. The Balaban J connectivity index is 1.85. The molecule has 180 valence electrons. The zero-order valence-corrected chi connectivity index (χ0v) is 20.9. The van der Waals surface area contributed by atoms with Crippen LogP contribution in [0.2, 0.25) is 0 Å². The van der Waals surface area contributed by atoms with Crippen LogP contribution in [0.25, 0.3) is 11.0 Å². The van der Waals surface area contributed by atoms with E-state index < -0.39 is 6.04 Å². The molecule has 0 saturated heterocycles. The molecule has 1 aromatic heterocycles. The van der Waals surface area contributed by atoms with Gasteiger partial charge < -0.3 is 18.8 Å². The minimum atomic E-state index is -0.539. The Morgan fingerprint density at radius 2 is 1.85 bits per heavy atom. The highest BCUT2D eigenvalue weighted by Gasteiger charge is 2.42. The predicted molar refractivity (Wildman–Crippen MR) is 133 cm³/mol. The first-order valence-corrected chi connectivity index (χ1v) is 12.0. The molecular formula is C28H33NO5. The first kappa shape index (κ1) is 23.9. The van der Waals surface area contributed by atoms with Gasteiger partial charge in [0, 0.05) is 6.54 Å². The number of carbonyl (C=O) groups excluding carboxylic acids is 1. The molecule has 2 heterocycles. The van der Waals surface area contributed by atoms with Crippen molar-refractivity contribution in [2.45, 2.75) is 53.5 Å². The number of benzene rings is 2. The van der Waals surface area contributed by atoms with Gasteiger partial charge in [0.2, 0.25) is 5.76 Å². The minimum Gasteiger partial charge on any atom is -0.493 e. The van der Waals surface area contributed by atoms with E-state index in [1.54, 1.807) is 12.0 Å². The van der Waals surface area contributed by atoms with Gasteiger partial charge in [-0.25, -0.2) is 0 Å². The predicted octanol–water partition coefficient (Wildman–Crippen LogP) is 5.80. The van der Waals surface area contributed by atoms with Gasteiger partial charge in [0.05, 0.1) is 30.7 Å². The monoisotopic (exact) mass is 463 g/mol. The summed E-state index contributed by atoms with van der Waals surface area (Å²) in [5, 5.41) is 0.507. The third kappa shape index (κ3) is 4.17. The summed E-state index contributed by atoms with van der Waals surface area (Å²) in [4.78, 5) is 28.9. The van der Waals surface area contributed by atoms with E-state index in [4.69, 9.17) is 13.9 Å². The van der Waals surface area contributed by atoms with Gasteiger partial charge in [0.25, 0.3) is 5.91 Å². The molecular weight excluding hydrogens is 430 g/mol. The second-order valence-electron chi connectivity index (χ2n) is 9.47. The average molecular weight is 464 g/mol. The lowest BCUT2D eigenvalue weighted by Crippen LogP contribution is -2.30. The zero-order valence-electron chi connectivity index (χ0n) is 20.9. The Labute approximate surface area is 200 Å². The number of amides is 1. The van der Waals surface area contributed by atoms with E-state index >= 15 is 0 Å². The summed E-state index contributed by atoms with van der Waals surface area (Å²) in [6.45, 7) is 11.3. The summed E-state index contributed by atoms with van der Waals surface area (Å²) in [5.41, 5.74) is 3.34. The molecule has 2 aromatic carbocycles. The zero-order chi connectivity index (χ0) is 24.6. The van der Waals surface area contributed by atoms with Crippen LogP contribution >= 0.6 is 0 Å². The van der Waals surface area contributed by atoms with Gasteiger partial charge in [-0.2, -0.15) is 0 Å². The standard InChI is InChI=1S/C28H33NO5/c1-7-11-29-24(19-8-9-21(22(15-19)32-6)33-12-10-16(2)3)23-25(30)20-14-17(4)13-18(5)26(20)34-27(23)28(29)31/h8-9,13-16,24H,7,10-12H2,1-6H3. The second kappa shape index (κ2) is 9.53. The number of carbonyl (C=O) groups is 1. The summed E-state index contributed by atoms with van der Waals surface area (Å²) in [5.74, 6) is 1.65. The van der Waals surface area contributed by atoms with E-state index in [1.165, 1.54) is 0 Å². The molecule has 1 amide bonds. The molecule has 6 nitrogen and oxygen atoms in total. The van der Waals surface area contributed by atoms with Crippen molar-refractivity contribution in [3.05, 3.63) is 68.6 Å². The SMILES string of the molecule is CCCN1C(=O)c2oc3c(C)cc(C)cc3c(=O)c2C1c1ccc(OCCC(C)C)c(OC)c1. The number of hydrogen-bond donors (Lipinski definition) is 0. The largest absolute Gasteiger partial charge is 0.493 e. The lowest BCUT2D eigenvalue weighted by atomic mass is 9.97. The van der Waals surface area contributed by atoms with Crippen molar-refractivity contribution < 1.29 is 18.7 Å². The van der Waals surface area contributed by atoms with Gasteiger partial charge in [-0.15, -0.1) is 0 Å². The Morgan fingerprint density at radius 3 is 2.53 bits per heavy atom. The normalized spacial score (nSPS) is 15.3. The van der Waals surface area contributed by atoms with Crippen molar-refractivity contribution in [3.63, 3.8) is 0 Å². The summed E-state index contributed by atoms with van der Waals surface area (Å²) in [7, 11) is 1.60. The van der Waals surface area contributed by atoms with Gasteiger partial charge in [-0.05, 0) is 67.5 Å². The minimum absolute atomic E-state index is 0.138. The molecule has 3 aromatic rings. The van der Waals surface area contributed by atoms with Crippen LogP contribution in [0.1, 0.15) is 72.5 Å². The van der Waals surface area contributed by atoms with Gasteiger partial charge in [0.15, 0.2) is 16.9 Å². The summed E-state index contributed by atoms with van der Waals surface area (Å²) < 4.78 is 17.7. The van der Waals surface area contributed by atoms with Crippen molar-refractivity contribution in [3.8, 4) is 11.5 Å². The molecule has 0 fully saturated rings. The quantitative estimate of drug-likeness (QED) is 0.422. The first-order valence-electron chi connectivity index (χ1n) is 12.0. The van der Waals surface area contributed by atoms with E-state index in [0.717, 1.165) is 29.5 Å². The Morgan fingerprint density at radius 1 is 1.09 bits per heavy atom. The van der Waals surface area contributed by atoms with Crippen molar-refractivity contribution in [1.29, 1.82) is 0 Å². The molecule has 0 radical (unpaired) electrons. The number of methoxy groups -OCH3 is 1. The van der Waals surface area contributed by atoms with Gasteiger partial charge in [-0.1, -0.05) is 32.9 Å². The van der Waals surface area contributed by atoms with E-state index in [1.807, 2.05) is 51.1 Å². The van der Waals surface area contributed by atoms with Crippen LogP contribution in [0.5, 0.6) is 11.5 Å². The lowest BCUT2D eigenvalue weighted by Gasteiger charge is -2.25. The topological polar surface area (TPSA) is 69.0 Å². The smallest absolute Gasteiger partial charge is 0.290 e. The second-order valence-corrected chi connectivity index (χ2v) is 9.47. The van der Waals surface area contributed by atoms with Crippen LogP contribution in [-0.4, -0.2) is 31.1 Å². The Hall–Kier alpha value is -3.28. The average Bonchev–Trinajstić information content (AvgIpc) is 3.07. The van der Waals surface area contributed by atoms with Gasteiger partial charge in [-0.3, -0.25) is 9.59 Å². The van der Waals surface area contributed by atoms with Crippen LogP contribution in [0.3, 0.4) is 0 Å². The van der Waals surface area contributed by atoms with Crippen molar-refractivity contribution in [1.82, 2.24) is 4.90 Å². The number of aryl methyl sites for hydroxylation is 2. The number of rotatable bonds is 8. The maximum atomic E-state index is 13.7. The fourth-order valence-corrected chi connectivity index (χ4v) is 4.67. The highest BCUT2D eigenvalue weighted by Crippen LogP contribution is 2.41. The molecule has 0 saturated carbocycles. The number of fused-ring (bicyclic) bond motifs is 2. The van der Waals surface area contributed by atoms with E-state index in [0.29, 0.717) is 47.1 Å². The molecule has 4 rings (SSSR count). The maximum Gasteiger partial charge on any atom is 0.290 e. The highest BCUT2D eigenvalue weighted by molar-refractivity contribution is 5.99. The Bertz CT molecular complexity index is 1290. The lowest BCUT2D eigenvalue weighted by molar-refractivity contribution is 0.0728. The fourth-order valence-electron chi connectivity index (χ4n) is 4.67. The summed E-state index contributed by atoms with van der Waals surface area (Å²) >= 11 is 0. The van der Waals surface area contributed by atoms with Crippen molar-refractivity contribution >= 4 is 16.9 Å². The molecule has 0 bridgehead atoms. The molecule has 1 aliphatic heterocycles. The van der Waals surface area contributed by atoms with Crippen LogP contribution in [0.4, 0.5) is 0 Å². The fraction of sp³-hybridized carbons (Fsp3) is 0.429. The van der Waals surface area contributed by atoms with E-state index in [-0.39, 0.29) is 17.1 Å². The molecule has 1 unspecified atom stereocenters. The summed E-state index contributed by atoms with van der Waals surface area (Å²) in [6.07, 6.45) is 1.70. The first-order chi connectivity index (χ1) is 16.3. The Kier molecular flexibility index (Phi) is 6.69. The van der Waals surface area contributed by atoms with Crippen molar-refractivity contribution in [2.24, 2.45) is 5.92 Å². The number of nitrogens with zero attached hydrogens (tertiary/aromatic N) is 1. The highest BCUT2D eigenvalue weighted by atomic mass is 16.5. The van der Waals surface area contributed by atoms with Crippen LogP contribution < -0.4 is 14.9 Å². The van der Waals surface area contributed by atoms with Gasteiger partial charge >= 0.3 is 0 Å². The maximum absolute atomic E-state index is 13.7. The molecule has 34 heavy (non-hydrogen) atoms. The summed E-state index contributed by atoms with van der Waals surface area (Å²) in [6, 6.07) is 8.89. The van der Waals surface area contributed by atoms with Crippen molar-refractivity contribution in [2.75, 3.05) is 20.3 Å². The number of ether oxygens (including phenoxy) is 2. The van der Waals surface area contributed by atoms with Crippen LogP contribution in [0, 0.1) is 19.8 Å². The third-order valence-corrected chi connectivity index (χ3v) is 6.32. The number of hydrogen-bond acceptors (Lipinski definition) is 5. The van der Waals surface area contributed by atoms with Crippen LogP contribution in [0.15, 0.2) is 39.5 Å². The van der Waals surface area contributed by atoms with Gasteiger partial charge in [0.1, 0.15) is 5.58 Å². The third-order valence-electron chi connectivity index (χ3n) is 6.32. The van der Waals surface area contributed by atoms with Crippen LogP contribution in [-0.2, 0) is 0 Å². The molecule has 0 N–H and O–H groups in total. The molecule has 0 spiro atoms. The molecule has 1 aliphatic rings.